The van der Waals surface area contributed by atoms with Crippen molar-refractivity contribution in [3.8, 4) is 0 Å². The summed E-state index contributed by atoms with van der Waals surface area (Å²) in [6, 6.07) is 4.18. The monoisotopic (exact) mass is 272 g/mol. The molecule has 0 aliphatic carbocycles. The summed E-state index contributed by atoms with van der Waals surface area (Å²) in [4.78, 5) is 14.0. The molecule has 1 fully saturated rings. The molecule has 0 unspecified atom stereocenters. The van der Waals surface area contributed by atoms with Crippen LogP contribution >= 0.6 is 12.4 Å². The molecule has 2 atom stereocenters. The number of halogens is 1. The molecule has 1 amide bonds. The second-order valence-electron chi connectivity index (χ2n) is 4.85. The lowest BCUT2D eigenvalue weighted by molar-refractivity contribution is -0.136. The molecule has 0 radical (unpaired) electrons. The quantitative estimate of drug-likeness (QED) is 0.916. The second kappa shape index (κ2) is 6.81. The van der Waals surface area contributed by atoms with E-state index < -0.39 is 0 Å². The third kappa shape index (κ3) is 3.75. The van der Waals surface area contributed by atoms with Gasteiger partial charge < -0.3 is 14.6 Å². The molecule has 2 rings (SSSR count). The lowest BCUT2D eigenvalue weighted by Gasteiger charge is -2.30. The first kappa shape index (κ1) is 15.1. The van der Waals surface area contributed by atoms with Crippen molar-refractivity contribution in [2.75, 3.05) is 13.6 Å². The van der Waals surface area contributed by atoms with Crippen molar-refractivity contribution in [3.63, 3.8) is 0 Å². The van der Waals surface area contributed by atoms with Crippen molar-refractivity contribution in [1.82, 2.24) is 10.2 Å². The first-order valence-corrected chi connectivity index (χ1v) is 6.17. The molecular weight excluding hydrogens is 252 g/mol. The summed E-state index contributed by atoms with van der Waals surface area (Å²) in [6.07, 6.45) is 3.51. The Morgan fingerprint density at radius 3 is 3.00 bits per heavy atom. The van der Waals surface area contributed by atoms with E-state index in [1.54, 1.807) is 11.2 Å². The van der Waals surface area contributed by atoms with Crippen LogP contribution in [0.3, 0.4) is 0 Å². The largest absolute Gasteiger partial charge is 0.467 e. The molecule has 5 heteroatoms. The highest BCUT2D eigenvalue weighted by Crippen LogP contribution is 2.19. The van der Waals surface area contributed by atoms with E-state index in [9.17, 15) is 4.79 Å². The SMILES string of the molecule is C[C@H]1C[C@@H](C(=O)N(C)Cc2ccco2)CCN1.Cl. The molecule has 0 spiro atoms. The Labute approximate surface area is 114 Å². The van der Waals surface area contributed by atoms with E-state index in [1.807, 2.05) is 19.2 Å². The minimum Gasteiger partial charge on any atom is -0.467 e. The Hall–Kier alpha value is -1.00. The lowest BCUT2D eigenvalue weighted by atomic mass is 9.92. The molecule has 1 saturated heterocycles. The van der Waals surface area contributed by atoms with E-state index in [1.165, 1.54) is 0 Å². The van der Waals surface area contributed by atoms with Crippen LogP contribution in [0.15, 0.2) is 22.8 Å². The Kier molecular flexibility index (Phi) is 5.69. The van der Waals surface area contributed by atoms with E-state index in [4.69, 9.17) is 4.42 Å². The van der Waals surface area contributed by atoms with E-state index in [0.29, 0.717) is 12.6 Å². The van der Waals surface area contributed by atoms with Gasteiger partial charge in [0.2, 0.25) is 5.91 Å². The van der Waals surface area contributed by atoms with Gasteiger partial charge in [-0.15, -0.1) is 12.4 Å². The van der Waals surface area contributed by atoms with Crippen molar-refractivity contribution in [1.29, 1.82) is 0 Å². The van der Waals surface area contributed by atoms with Crippen LogP contribution in [0.25, 0.3) is 0 Å². The fraction of sp³-hybridized carbons (Fsp3) is 0.615. The van der Waals surface area contributed by atoms with Crippen LogP contribution in [0.1, 0.15) is 25.5 Å². The van der Waals surface area contributed by atoms with Crippen molar-refractivity contribution in [2.24, 2.45) is 5.92 Å². The van der Waals surface area contributed by atoms with E-state index in [2.05, 4.69) is 12.2 Å². The van der Waals surface area contributed by atoms with Gasteiger partial charge in [-0.3, -0.25) is 4.79 Å². The smallest absolute Gasteiger partial charge is 0.225 e. The highest BCUT2D eigenvalue weighted by Gasteiger charge is 2.27. The van der Waals surface area contributed by atoms with Crippen LogP contribution in [-0.2, 0) is 11.3 Å². The van der Waals surface area contributed by atoms with Gasteiger partial charge in [-0.2, -0.15) is 0 Å². The third-order valence-electron chi connectivity index (χ3n) is 3.32. The Morgan fingerprint density at radius 2 is 2.39 bits per heavy atom. The second-order valence-corrected chi connectivity index (χ2v) is 4.85. The summed E-state index contributed by atoms with van der Waals surface area (Å²) in [7, 11) is 1.84. The first-order chi connectivity index (χ1) is 8.16. The maximum absolute atomic E-state index is 12.2. The predicted octanol–water partition coefficient (Wildman–Crippen LogP) is 2.05. The van der Waals surface area contributed by atoms with Crippen LogP contribution in [0.5, 0.6) is 0 Å². The molecule has 1 N–H and O–H groups in total. The number of nitrogens with zero attached hydrogens (tertiary/aromatic N) is 1. The number of rotatable bonds is 3. The van der Waals surface area contributed by atoms with Crippen LogP contribution in [0.2, 0.25) is 0 Å². The van der Waals surface area contributed by atoms with Crippen LogP contribution in [0, 0.1) is 5.92 Å². The number of piperidine rings is 1. The zero-order valence-corrected chi connectivity index (χ0v) is 11.7. The molecule has 1 aliphatic rings. The fourth-order valence-electron chi connectivity index (χ4n) is 2.38. The van der Waals surface area contributed by atoms with Crippen molar-refractivity contribution >= 4 is 18.3 Å². The molecule has 0 saturated carbocycles. The molecule has 1 aliphatic heterocycles. The average molecular weight is 273 g/mol. The van der Waals surface area contributed by atoms with Gasteiger partial charge in [0.25, 0.3) is 0 Å². The topological polar surface area (TPSA) is 45.5 Å². The molecule has 4 nitrogen and oxygen atoms in total. The summed E-state index contributed by atoms with van der Waals surface area (Å²) < 4.78 is 5.26. The number of carbonyl (C=O) groups excluding carboxylic acids is 1. The standard InChI is InChI=1S/C13H20N2O2.ClH/c1-10-8-11(5-6-14-10)13(16)15(2)9-12-4-3-7-17-12;/h3-4,7,10-11,14H,5-6,8-9H2,1-2H3;1H/t10-,11-;/m0./s1. The van der Waals surface area contributed by atoms with Gasteiger partial charge in [-0.1, -0.05) is 0 Å². The number of hydrogen-bond acceptors (Lipinski definition) is 3. The summed E-state index contributed by atoms with van der Waals surface area (Å²) in [5, 5.41) is 3.36. The normalized spacial score (nSPS) is 23.2. The van der Waals surface area contributed by atoms with Gasteiger partial charge in [-0.25, -0.2) is 0 Å². The molecular formula is C13H21ClN2O2. The number of hydrogen-bond donors (Lipinski definition) is 1. The van der Waals surface area contributed by atoms with E-state index in [0.717, 1.165) is 25.1 Å². The first-order valence-electron chi connectivity index (χ1n) is 6.17. The summed E-state index contributed by atoms with van der Waals surface area (Å²) >= 11 is 0. The summed E-state index contributed by atoms with van der Waals surface area (Å²) in [5.41, 5.74) is 0. The average Bonchev–Trinajstić information content (AvgIpc) is 2.80. The van der Waals surface area contributed by atoms with Gasteiger partial charge >= 0.3 is 0 Å². The van der Waals surface area contributed by atoms with E-state index >= 15 is 0 Å². The van der Waals surface area contributed by atoms with Crippen molar-refractivity contribution in [2.45, 2.75) is 32.4 Å². The minimum absolute atomic E-state index is 0. The maximum atomic E-state index is 12.2. The maximum Gasteiger partial charge on any atom is 0.225 e. The molecule has 1 aromatic rings. The number of carbonyl (C=O) groups is 1. The third-order valence-corrected chi connectivity index (χ3v) is 3.32. The number of nitrogens with one attached hydrogen (secondary N) is 1. The van der Waals surface area contributed by atoms with Gasteiger partial charge in [-0.05, 0) is 38.4 Å². The molecule has 1 aromatic heterocycles. The Bertz CT molecular complexity index is 367. The highest BCUT2D eigenvalue weighted by molar-refractivity contribution is 5.85. The van der Waals surface area contributed by atoms with Crippen LogP contribution in [0.4, 0.5) is 0 Å². The molecule has 0 aromatic carbocycles. The molecule has 0 bridgehead atoms. The van der Waals surface area contributed by atoms with Crippen molar-refractivity contribution < 1.29 is 9.21 Å². The van der Waals surface area contributed by atoms with E-state index in [-0.39, 0.29) is 24.2 Å². The molecule has 102 valence electrons. The van der Waals surface area contributed by atoms with Crippen molar-refractivity contribution in [3.05, 3.63) is 24.2 Å². The summed E-state index contributed by atoms with van der Waals surface area (Å²) in [5.74, 6) is 1.23. The fourth-order valence-corrected chi connectivity index (χ4v) is 2.38. The number of furan rings is 1. The summed E-state index contributed by atoms with van der Waals surface area (Å²) in [6.45, 7) is 3.63. The predicted molar refractivity (Wildman–Crippen MR) is 72.6 cm³/mol. The zero-order valence-electron chi connectivity index (χ0n) is 10.9. The lowest BCUT2D eigenvalue weighted by Crippen LogP contribution is -2.42. The Morgan fingerprint density at radius 1 is 1.61 bits per heavy atom. The van der Waals surface area contributed by atoms with Crippen LogP contribution < -0.4 is 5.32 Å². The van der Waals surface area contributed by atoms with Gasteiger partial charge in [0.15, 0.2) is 0 Å². The zero-order chi connectivity index (χ0) is 12.3. The molecule has 2 heterocycles. The highest BCUT2D eigenvalue weighted by atomic mass is 35.5. The van der Waals surface area contributed by atoms with Crippen LogP contribution in [-0.4, -0.2) is 30.4 Å². The molecule has 18 heavy (non-hydrogen) atoms. The van der Waals surface area contributed by atoms with Gasteiger partial charge in [0.05, 0.1) is 12.8 Å². The van der Waals surface area contributed by atoms with Gasteiger partial charge in [0, 0.05) is 19.0 Å². The van der Waals surface area contributed by atoms with Gasteiger partial charge in [0.1, 0.15) is 5.76 Å². The number of amides is 1. The Balaban J connectivity index is 0.00000162. The minimum atomic E-state index is 0.